The first-order valence-corrected chi connectivity index (χ1v) is 18.0. The topological polar surface area (TPSA) is 63.6 Å². The molecule has 0 amide bonds. The number of carbonyl (C=O) groups is 2. The molecule has 0 aliphatic heterocycles. The number of rotatable bonds is 32. The van der Waals surface area contributed by atoms with Crippen molar-refractivity contribution >= 4 is 11.9 Å². The molecule has 0 aromatic rings. The lowest BCUT2D eigenvalue weighted by Gasteiger charge is -2.28. The molecule has 0 rings (SSSR count). The van der Waals surface area contributed by atoms with Crippen molar-refractivity contribution in [1.82, 2.24) is 0 Å². The van der Waals surface area contributed by atoms with E-state index in [9.17, 15) is 9.59 Å². The SMILES string of the molecule is CCCCCCCCCCCCCCCCCCCCCCCCCCCCC(=O)OC(CC(=O)O)C[N+](C)(C)C. The Hall–Kier alpha value is -1.10. The first-order chi connectivity index (χ1) is 19.7. The molecule has 0 radical (unpaired) electrons. The van der Waals surface area contributed by atoms with Crippen molar-refractivity contribution in [1.29, 1.82) is 0 Å². The molecule has 0 aromatic heterocycles. The summed E-state index contributed by atoms with van der Waals surface area (Å²) in [4.78, 5) is 23.2. The van der Waals surface area contributed by atoms with E-state index in [4.69, 9.17) is 9.84 Å². The van der Waals surface area contributed by atoms with Crippen molar-refractivity contribution in [2.45, 2.75) is 193 Å². The van der Waals surface area contributed by atoms with Gasteiger partial charge in [0.1, 0.15) is 6.54 Å². The Morgan fingerprint density at radius 1 is 0.537 bits per heavy atom. The van der Waals surface area contributed by atoms with Crippen LogP contribution in [0.25, 0.3) is 0 Å². The minimum Gasteiger partial charge on any atom is -0.481 e. The van der Waals surface area contributed by atoms with Crippen molar-refractivity contribution in [2.24, 2.45) is 0 Å². The fourth-order valence-electron chi connectivity index (χ4n) is 5.78. The number of esters is 1. The fraction of sp³-hybridized carbons (Fsp3) is 0.944. The third-order valence-electron chi connectivity index (χ3n) is 8.19. The van der Waals surface area contributed by atoms with Crippen LogP contribution in [0, 0.1) is 0 Å². The summed E-state index contributed by atoms with van der Waals surface area (Å²) < 4.78 is 6.03. The van der Waals surface area contributed by atoms with E-state index >= 15 is 0 Å². The normalized spacial score (nSPS) is 12.5. The Kier molecular flexibility index (Phi) is 28.2. The lowest BCUT2D eigenvalue weighted by Crippen LogP contribution is -2.43. The van der Waals surface area contributed by atoms with Crippen LogP contribution in [0.2, 0.25) is 0 Å². The molecule has 0 saturated heterocycles. The van der Waals surface area contributed by atoms with Crippen molar-refractivity contribution in [3.63, 3.8) is 0 Å². The van der Waals surface area contributed by atoms with E-state index in [1.54, 1.807) is 0 Å². The molecule has 1 N–H and O–H groups in total. The molecule has 5 nitrogen and oxygen atoms in total. The number of quaternary nitrogens is 1. The zero-order chi connectivity index (χ0) is 30.4. The molecule has 0 aliphatic rings. The molecule has 0 aromatic carbocycles. The monoisotopic (exact) mass is 583 g/mol. The third kappa shape index (κ3) is 33.3. The van der Waals surface area contributed by atoms with Crippen molar-refractivity contribution < 1.29 is 23.9 Å². The highest BCUT2D eigenvalue weighted by Crippen LogP contribution is 2.16. The number of unbranched alkanes of at least 4 members (excludes halogenated alkanes) is 25. The van der Waals surface area contributed by atoms with E-state index < -0.39 is 12.1 Å². The van der Waals surface area contributed by atoms with E-state index in [1.807, 2.05) is 21.1 Å². The summed E-state index contributed by atoms with van der Waals surface area (Å²) in [6, 6.07) is 0. The zero-order valence-electron chi connectivity index (χ0n) is 28.2. The fourth-order valence-corrected chi connectivity index (χ4v) is 5.78. The van der Waals surface area contributed by atoms with E-state index in [1.165, 1.54) is 154 Å². The number of ether oxygens (including phenoxy) is 1. The van der Waals surface area contributed by atoms with Gasteiger partial charge in [-0.05, 0) is 6.42 Å². The molecule has 244 valence electrons. The van der Waals surface area contributed by atoms with Gasteiger partial charge >= 0.3 is 11.9 Å². The summed E-state index contributed by atoms with van der Waals surface area (Å²) in [6.07, 6.45) is 35.3. The largest absolute Gasteiger partial charge is 0.481 e. The maximum atomic E-state index is 12.1. The summed E-state index contributed by atoms with van der Waals surface area (Å²) in [5.41, 5.74) is 0. The second-order valence-electron chi connectivity index (χ2n) is 13.8. The lowest BCUT2D eigenvalue weighted by molar-refractivity contribution is -0.873. The highest BCUT2D eigenvalue weighted by Gasteiger charge is 2.24. The maximum Gasteiger partial charge on any atom is 0.307 e. The van der Waals surface area contributed by atoms with Gasteiger partial charge in [-0.2, -0.15) is 0 Å². The Balaban J connectivity index is 3.33. The average Bonchev–Trinajstić information content (AvgIpc) is 2.89. The van der Waals surface area contributed by atoms with Crippen molar-refractivity contribution in [3.8, 4) is 0 Å². The van der Waals surface area contributed by atoms with Crippen LogP contribution in [0.15, 0.2) is 0 Å². The predicted octanol–water partition coefficient (Wildman–Crippen LogP) is 10.6. The summed E-state index contributed by atoms with van der Waals surface area (Å²) in [7, 11) is 5.93. The standard InChI is InChI=1S/C36H71NO4/c1-5-6-7-8-9-10-11-12-13-14-15-16-17-18-19-20-21-22-23-24-25-26-27-28-29-30-31-36(40)41-34(32-35(38)39)33-37(2,3)4/h34H,5-33H2,1-4H3/p+1. The molecular weight excluding hydrogens is 510 g/mol. The third-order valence-corrected chi connectivity index (χ3v) is 8.19. The Labute approximate surface area is 256 Å². The molecule has 0 spiro atoms. The summed E-state index contributed by atoms with van der Waals surface area (Å²) in [6.45, 7) is 2.80. The van der Waals surface area contributed by atoms with Gasteiger partial charge in [0, 0.05) is 6.42 Å². The van der Waals surface area contributed by atoms with Crippen LogP contribution in [0.5, 0.6) is 0 Å². The molecule has 0 saturated carbocycles. The summed E-state index contributed by atoms with van der Waals surface area (Å²) >= 11 is 0. The summed E-state index contributed by atoms with van der Waals surface area (Å²) in [5.74, 6) is -1.18. The number of likely N-dealkylation sites (N-methyl/N-ethyl adjacent to an activating group) is 1. The number of nitrogens with zero attached hydrogens (tertiary/aromatic N) is 1. The molecule has 41 heavy (non-hydrogen) atoms. The van der Waals surface area contributed by atoms with Gasteiger partial charge in [-0.25, -0.2) is 0 Å². The Morgan fingerprint density at radius 3 is 1.10 bits per heavy atom. The molecule has 0 heterocycles. The van der Waals surface area contributed by atoms with E-state index in [0.717, 1.165) is 12.8 Å². The number of carboxylic acids is 1. The second-order valence-corrected chi connectivity index (χ2v) is 13.8. The zero-order valence-corrected chi connectivity index (χ0v) is 28.2. The van der Waals surface area contributed by atoms with Crippen LogP contribution in [0.3, 0.4) is 0 Å². The smallest absolute Gasteiger partial charge is 0.307 e. The van der Waals surface area contributed by atoms with E-state index in [2.05, 4.69) is 6.92 Å². The molecule has 5 heteroatoms. The summed E-state index contributed by atoms with van der Waals surface area (Å²) in [5, 5.41) is 9.07. The van der Waals surface area contributed by atoms with Gasteiger partial charge in [-0.1, -0.05) is 167 Å². The van der Waals surface area contributed by atoms with Crippen molar-refractivity contribution in [3.05, 3.63) is 0 Å². The molecular formula is C36H72NO4+. The molecule has 1 unspecified atom stereocenters. The van der Waals surface area contributed by atoms with Gasteiger partial charge in [-0.15, -0.1) is 0 Å². The number of hydrogen-bond acceptors (Lipinski definition) is 3. The van der Waals surface area contributed by atoms with Gasteiger partial charge in [0.05, 0.1) is 27.6 Å². The number of carbonyl (C=O) groups excluding carboxylic acids is 1. The van der Waals surface area contributed by atoms with Crippen LogP contribution in [0.1, 0.15) is 187 Å². The van der Waals surface area contributed by atoms with Crippen LogP contribution in [-0.4, -0.2) is 55.3 Å². The van der Waals surface area contributed by atoms with Gasteiger partial charge in [0.25, 0.3) is 0 Å². The number of aliphatic carboxylic acids is 1. The molecule has 0 bridgehead atoms. The quantitative estimate of drug-likeness (QED) is 0.0487. The minimum atomic E-state index is -0.920. The lowest BCUT2D eigenvalue weighted by atomic mass is 10.0. The first-order valence-electron chi connectivity index (χ1n) is 18.0. The Bertz CT molecular complexity index is 587. The molecule has 1 atom stereocenters. The van der Waals surface area contributed by atoms with Crippen LogP contribution in [0.4, 0.5) is 0 Å². The highest BCUT2D eigenvalue weighted by atomic mass is 16.5. The van der Waals surface area contributed by atoms with Gasteiger partial charge in [-0.3, -0.25) is 9.59 Å². The van der Waals surface area contributed by atoms with Crippen LogP contribution < -0.4 is 0 Å². The van der Waals surface area contributed by atoms with Gasteiger partial charge < -0.3 is 14.3 Å². The first kappa shape index (κ1) is 39.9. The minimum absolute atomic E-state index is 0.124. The van der Waals surface area contributed by atoms with Crippen molar-refractivity contribution in [2.75, 3.05) is 27.7 Å². The predicted molar refractivity (Wildman–Crippen MR) is 175 cm³/mol. The second kappa shape index (κ2) is 29.0. The van der Waals surface area contributed by atoms with Crippen LogP contribution >= 0.6 is 0 Å². The van der Waals surface area contributed by atoms with E-state index in [-0.39, 0.29) is 12.4 Å². The Morgan fingerprint density at radius 2 is 0.829 bits per heavy atom. The maximum absolute atomic E-state index is 12.1. The van der Waals surface area contributed by atoms with Gasteiger partial charge in [0.15, 0.2) is 6.10 Å². The number of hydrogen-bond donors (Lipinski definition) is 1. The van der Waals surface area contributed by atoms with Gasteiger partial charge in [0.2, 0.25) is 0 Å². The van der Waals surface area contributed by atoms with Crippen LogP contribution in [-0.2, 0) is 14.3 Å². The number of carboxylic acid groups (broad SMARTS) is 1. The molecule has 0 fully saturated rings. The van der Waals surface area contributed by atoms with E-state index in [0.29, 0.717) is 17.4 Å². The molecule has 0 aliphatic carbocycles. The average molecular weight is 583 g/mol. The highest BCUT2D eigenvalue weighted by molar-refractivity contribution is 5.71.